The lowest BCUT2D eigenvalue weighted by atomic mass is 10.0. The van der Waals surface area contributed by atoms with Gasteiger partial charge in [-0.25, -0.2) is 0 Å². The number of carbonyl (C=O) groups is 1. The van der Waals surface area contributed by atoms with E-state index in [1.807, 2.05) is 0 Å². The zero-order valence-electron chi connectivity index (χ0n) is 8.09. The number of nitrogens with one attached hydrogen (secondary N) is 1. The Kier molecular flexibility index (Phi) is 4.83. The molecule has 13 heavy (non-hydrogen) atoms. The maximum Gasteiger partial charge on any atom is 0.320 e. The van der Waals surface area contributed by atoms with Crippen LogP contribution in [0.2, 0.25) is 0 Å². The first-order valence-corrected chi connectivity index (χ1v) is 5.27. The number of rotatable bonds is 1. The minimum absolute atomic E-state index is 0.307. The molecular weight excluding hydrogens is 166 g/mol. The Morgan fingerprint density at radius 2 is 1.69 bits per heavy atom. The lowest BCUT2D eigenvalue weighted by molar-refractivity contribution is -0.139. The van der Waals surface area contributed by atoms with E-state index < -0.39 is 5.97 Å². The van der Waals surface area contributed by atoms with Gasteiger partial charge in [-0.3, -0.25) is 4.79 Å². The summed E-state index contributed by atoms with van der Waals surface area (Å²) in [5.74, 6) is -0.694. The van der Waals surface area contributed by atoms with Gasteiger partial charge in [-0.15, -0.1) is 0 Å². The molecule has 3 nitrogen and oxygen atoms in total. The van der Waals surface area contributed by atoms with Crippen molar-refractivity contribution in [1.29, 1.82) is 0 Å². The molecule has 0 amide bonds. The van der Waals surface area contributed by atoms with Crippen LogP contribution in [0.5, 0.6) is 0 Å². The largest absolute Gasteiger partial charge is 0.480 e. The van der Waals surface area contributed by atoms with Crippen LogP contribution in [-0.4, -0.2) is 23.7 Å². The molecule has 1 heterocycles. The number of carboxylic acid groups (broad SMARTS) is 1. The minimum atomic E-state index is -0.694. The van der Waals surface area contributed by atoms with Crippen LogP contribution in [0.3, 0.4) is 0 Å². The van der Waals surface area contributed by atoms with Gasteiger partial charge in [0.25, 0.3) is 0 Å². The molecule has 0 aromatic carbocycles. The van der Waals surface area contributed by atoms with Gasteiger partial charge in [0, 0.05) is 0 Å². The van der Waals surface area contributed by atoms with Gasteiger partial charge in [0.05, 0.1) is 0 Å². The van der Waals surface area contributed by atoms with Crippen LogP contribution in [0.15, 0.2) is 0 Å². The zero-order chi connectivity index (χ0) is 9.52. The molecule has 0 aromatic rings. The van der Waals surface area contributed by atoms with E-state index in [4.69, 9.17) is 5.11 Å². The van der Waals surface area contributed by atoms with Crippen LogP contribution in [0.25, 0.3) is 0 Å². The topological polar surface area (TPSA) is 49.3 Å². The summed E-state index contributed by atoms with van der Waals surface area (Å²) in [5, 5.41) is 11.9. The summed E-state index contributed by atoms with van der Waals surface area (Å²) in [6, 6.07) is -0.307. The van der Waals surface area contributed by atoms with E-state index in [-0.39, 0.29) is 6.04 Å². The van der Waals surface area contributed by atoms with Gasteiger partial charge in [-0.05, 0) is 19.4 Å². The van der Waals surface area contributed by atoms with Crippen molar-refractivity contribution < 1.29 is 9.90 Å². The van der Waals surface area contributed by atoms with Gasteiger partial charge < -0.3 is 10.4 Å². The summed E-state index contributed by atoms with van der Waals surface area (Å²) >= 11 is 0. The Bertz CT molecular complexity index is 149. The van der Waals surface area contributed by atoms with Crippen molar-refractivity contribution in [3.8, 4) is 0 Å². The predicted octanol–water partition coefficient (Wildman–Crippen LogP) is 1.77. The van der Waals surface area contributed by atoms with E-state index in [1.165, 1.54) is 25.7 Å². The first kappa shape index (κ1) is 10.5. The molecule has 1 saturated heterocycles. The number of carboxylic acids is 1. The summed E-state index contributed by atoms with van der Waals surface area (Å²) < 4.78 is 0. The van der Waals surface area contributed by atoms with E-state index in [0.29, 0.717) is 0 Å². The molecule has 1 aliphatic heterocycles. The molecule has 0 radical (unpaired) electrons. The van der Waals surface area contributed by atoms with Crippen molar-refractivity contribution in [2.24, 2.45) is 0 Å². The highest BCUT2D eigenvalue weighted by molar-refractivity contribution is 5.73. The first-order valence-electron chi connectivity index (χ1n) is 5.27. The second kappa shape index (κ2) is 5.97. The third-order valence-electron chi connectivity index (χ3n) is 2.61. The van der Waals surface area contributed by atoms with Crippen LogP contribution in [-0.2, 0) is 4.79 Å². The smallest absolute Gasteiger partial charge is 0.320 e. The fourth-order valence-corrected chi connectivity index (χ4v) is 1.77. The van der Waals surface area contributed by atoms with E-state index in [9.17, 15) is 4.79 Å². The third-order valence-corrected chi connectivity index (χ3v) is 2.61. The highest BCUT2D eigenvalue weighted by atomic mass is 16.4. The first-order chi connectivity index (χ1) is 6.30. The molecule has 1 rings (SSSR count). The Labute approximate surface area is 79.5 Å². The maximum atomic E-state index is 10.8. The highest BCUT2D eigenvalue weighted by Gasteiger charge is 2.15. The number of aliphatic carboxylic acids is 1. The van der Waals surface area contributed by atoms with E-state index >= 15 is 0 Å². The lowest BCUT2D eigenvalue weighted by Crippen LogP contribution is -2.37. The molecule has 2 N–H and O–H groups in total. The summed E-state index contributed by atoms with van der Waals surface area (Å²) in [6.07, 6.45) is 7.94. The third kappa shape index (κ3) is 4.27. The molecule has 1 atom stereocenters. The molecule has 1 aliphatic rings. The average molecular weight is 185 g/mol. The summed E-state index contributed by atoms with van der Waals surface area (Å²) in [6.45, 7) is 0.858. The van der Waals surface area contributed by atoms with E-state index in [2.05, 4.69) is 5.32 Å². The molecule has 1 fully saturated rings. The Morgan fingerprint density at radius 1 is 1.08 bits per heavy atom. The molecular formula is C10H19NO2. The number of hydrogen-bond acceptors (Lipinski definition) is 2. The molecule has 3 heteroatoms. The van der Waals surface area contributed by atoms with Crippen LogP contribution in [0.1, 0.15) is 44.9 Å². The Morgan fingerprint density at radius 3 is 2.38 bits per heavy atom. The van der Waals surface area contributed by atoms with Crippen LogP contribution >= 0.6 is 0 Å². The van der Waals surface area contributed by atoms with Crippen LogP contribution in [0, 0.1) is 0 Å². The van der Waals surface area contributed by atoms with Gasteiger partial charge >= 0.3 is 5.97 Å². The average Bonchev–Trinajstić information content (AvgIpc) is 2.14. The quantitative estimate of drug-likeness (QED) is 0.654. The van der Waals surface area contributed by atoms with Gasteiger partial charge in [0.15, 0.2) is 0 Å². The fourth-order valence-electron chi connectivity index (χ4n) is 1.77. The molecule has 0 saturated carbocycles. The second-order valence-corrected chi connectivity index (χ2v) is 3.75. The lowest BCUT2D eigenvalue weighted by Gasteiger charge is -2.15. The van der Waals surface area contributed by atoms with Crippen molar-refractivity contribution in [1.82, 2.24) is 5.32 Å². The van der Waals surface area contributed by atoms with Crippen molar-refractivity contribution in [2.75, 3.05) is 6.54 Å². The molecule has 0 unspecified atom stereocenters. The monoisotopic (exact) mass is 185 g/mol. The summed E-state index contributed by atoms with van der Waals surface area (Å²) in [4.78, 5) is 10.8. The molecule has 76 valence electrons. The van der Waals surface area contributed by atoms with E-state index in [1.54, 1.807) is 0 Å². The Balaban J connectivity index is 2.30. The molecule has 0 aromatic heterocycles. The van der Waals surface area contributed by atoms with Crippen molar-refractivity contribution in [3.63, 3.8) is 0 Å². The standard InChI is InChI=1S/C10H19NO2/c12-10(13)9-7-5-3-1-2-4-6-8-11-9/h9,11H,1-8H2,(H,12,13)/t9-/m0/s1. The molecule has 0 bridgehead atoms. The normalized spacial score (nSPS) is 26.6. The predicted molar refractivity (Wildman–Crippen MR) is 51.7 cm³/mol. The van der Waals surface area contributed by atoms with Gasteiger partial charge in [0.2, 0.25) is 0 Å². The fraction of sp³-hybridized carbons (Fsp3) is 0.900. The molecule has 0 spiro atoms. The summed E-state index contributed by atoms with van der Waals surface area (Å²) in [5.41, 5.74) is 0. The van der Waals surface area contributed by atoms with Gasteiger partial charge in [-0.1, -0.05) is 32.1 Å². The number of hydrogen-bond donors (Lipinski definition) is 2. The van der Waals surface area contributed by atoms with Crippen LogP contribution in [0.4, 0.5) is 0 Å². The van der Waals surface area contributed by atoms with Gasteiger partial charge in [-0.2, -0.15) is 0 Å². The van der Waals surface area contributed by atoms with Gasteiger partial charge in [0.1, 0.15) is 6.04 Å². The highest BCUT2D eigenvalue weighted by Crippen LogP contribution is 2.10. The zero-order valence-corrected chi connectivity index (χ0v) is 8.09. The maximum absolute atomic E-state index is 10.8. The Hall–Kier alpha value is -0.570. The SMILES string of the molecule is O=C(O)[C@@H]1CCCCCCCCN1. The van der Waals surface area contributed by atoms with E-state index in [0.717, 1.165) is 25.8 Å². The second-order valence-electron chi connectivity index (χ2n) is 3.75. The van der Waals surface area contributed by atoms with Crippen LogP contribution < -0.4 is 5.32 Å². The molecule has 0 aliphatic carbocycles. The van der Waals surface area contributed by atoms with Crippen molar-refractivity contribution in [3.05, 3.63) is 0 Å². The minimum Gasteiger partial charge on any atom is -0.480 e. The van der Waals surface area contributed by atoms with Crippen molar-refractivity contribution >= 4 is 5.97 Å². The summed E-state index contributed by atoms with van der Waals surface area (Å²) in [7, 11) is 0. The van der Waals surface area contributed by atoms with Crippen molar-refractivity contribution in [2.45, 2.75) is 51.0 Å².